The molecule has 1 atom stereocenters. The van der Waals surface area contributed by atoms with Crippen molar-refractivity contribution in [3.05, 3.63) is 83.9 Å². The molecule has 1 aliphatic rings. The maximum Gasteiger partial charge on any atom is 0.225 e. The van der Waals surface area contributed by atoms with Crippen LogP contribution in [0.5, 0.6) is 0 Å². The van der Waals surface area contributed by atoms with Crippen molar-refractivity contribution in [1.82, 2.24) is 9.97 Å². The van der Waals surface area contributed by atoms with Crippen molar-refractivity contribution >= 4 is 55.4 Å². The van der Waals surface area contributed by atoms with Gasteiger partial charge in [0.15, 0.2) is 0 Å². The average Bonchev–Trinajstić information content (AvgIpc) is 3.21. The lowest BCUT2D eigenvalue weighted by Gasteiger charge is -2.17. The first-order valence-electron chi connectivity index (χ1n) is 11.7. The van der Waals surface area contributed by atoms with Crippen molar-refractivity contribution < 1.29 is 5.11 Å². The van der Waals surface area contributed by atoms with E-state index >= 15 is 0 Å². The number of nitrogens with one attached hydrogen (secondary N) is 2. The highest BCUT2D eigenvalue weighted by molar-refractivity contribution is 8.28. The van der Waals surface area contributed by atoms with Crippen LogP contribution in [0.1, 0.15) is 17.5 Å². The topological polar surface area (TPSA) is 70.1 Å². The lowest BCUT2D eigenvalue weighted by Crippen LogP contribution is -2.20. The molecule has 7 heteroatoms. The molecule has 180 valence electrons. The zero-order chi connectivity index (χ0) is 24.3. The summed E-state index contributed by atoms with van der Waals surface area (Å²) in [4.78, 5) is 11.8. The molecular weight excluding hydrogens is 472 g/mol. The van der Waals surface area contributed by atoms with E-state index in [0.717, 1.165) is 55.6 Å². The highest BCUT2D eigenvalue weighted by Crippen LogP contribution is 2.34. The third kappa shape index (κ3) is 5.64. The van der Waals surface area contributed by atoms with Gasteiger partial charge in [0, 0.05) is 33.5 Å². The van der Waals surface area contributed by atoms with Gasteiger partial charge >= 0.3 is 0 Å². The predicted octanol–water partition coefficient (Wildman–Crippen LogP) is 5.74. The van der Waals surface area contributed by atoms with Crippen molar-refractivity contribution in [3.8, 4) is 0 Å². The molecule has 0 saturated carbocycles. The molecule has 0 spiro atoms. The summed E-state index contributed by atoms with van der Waals surface area (Å²) in [5.41, 5.74) is 2.99. The van der Waals surface area contributed by atoms with Gasteiger partial charge in [-0.25, -0.2) is 14.2 Å². The number of anilines is 2. The number of benzene rings is 3. The van der Waals surface area contributed by atoms with Gasteiger partial charge in [-0.1, -0.05) is 72.0 Å². The molecule has 4 aromatic rings. The number of fused-ring (bicyclic) bond motifs is 1. The Morgan fingerprint density at radius 2 is 1.60 bits per heavy atom. The van der Waals surface area contributed by atoms with Gasteiger partial charge < -0.3 is 15.7 Å². The highest BCUT2D eigenvalue weighted by atomic mass is 32.2. The van der Waals surface area contributed by atoms with E-state index < -0.39 is 9.21 Å². The molecule has 0 amide bonds. The van der Waals surface area contributed by atoms with Crippen LogP contribution in [-0.4, -0.2) is 44.4 Å². The number of aromatic nitrogens is 2. The molecule has 2 heterocycles. The van der Waals surface area contributed by atoms with Crippen LogP contribution in [0, 0.1) is 0 Å². The second-order valence-corrected chi connectivity index (χ2v) is 13.2. The van der Waals surface area contributed by atoms with Crippen LogP contribution in [0.15, 0.2) is 82.6 Å². The van der Waals surface area contributed by atoms with E-state index in [1.807, 2.05) is 54.6 Å². The van der Waals surface area contributed by atoms with Crippen LogP contribution in [0.2, 0.25) is 0 Å². The predicted molar refractivity (Wildman–Crippen MR) is 153 cm³/mol. The largest absolute Gasteiger partial charge is 0.392 e. The zero-order valence-electron chi connectivity index (χ0n) is 19.6. The molecule has 35 heavy (non-hydrogen) atoms. The minimum absolute atomic E-state index is 0.0239. The van der Waals surface area contributed by atoms with Gasteiger partial charge in [0.2, 0.25) is 5.95 Å². The van der Waals surface area contributed by atoms with Crippen LogP contribution in [0.25, 0.3) is 10.9 Å². The van der Waals surface area contributed by atoms with Gasteiger partial charge in [-0.3, -0.25) is 0 Å². The number of hydrogen-bond donors (Lipinski definition) is 3. The molecule has 0 bridgehead atoms. The Hall–Kier alpha value is -3.00. The minimum Gasteiger partial charge on any atom is -0.392 e. The smallest absolute Gasteiger partial charge is 0.225 e. The van der Waals surface area contributed by atoms with E-state index in [2.05, 4.69) is 40.6 Å². The second-order valence-electron chi connectivity index (χ2n) is 8.97. The van der Waals surface area contributed by atoms with Crippen molar-refractivity contribution in [2.75, 3.05) is 22.1 Å². The van der Waals surface area contributed by atoms with E-state index in [0.29, 0.717) is 18.5 Å². The minimum atomic E-state index is -1.00. The quantitative estimate of drug-likeness (QED) is 0.267. The van der Waals surface area contributed by atoms with Gasteiger partial charge in [0.05, 0.1) is 12.1 Å². The molecule has 0 aliphatic carbocycles. The van der Waals surface area contributed by atoms with Gasteiger partial charge in [-0.15, -0.1) is 0 Å². The standard InChI is InChI=1S/C28H30N4OS2/c1-35(2)16-15-22(19-35)30-27-23-11-5-6-12-24(23)31-28(32-27)29-17-20-9-3-7-13-25(20)34-26-14-8-4-10-21(26)18-33/h3-14,22,33H,1-2,15-19H2,(H2,29,30,31,32). The van der Waals surface area contributed by atoms with Crippen molar-refractivity contribution in [2.24, 2.45) is 0 Å². The average molecular weight is 503 g/mol. The third-order valence-electron chi connectivity index (χ3n) is 6.17. The number of nitrogens with zero attached hydrogens (tertiary/aromatic N) is 2. The summed E-state index contributed by atoms with van der Waals surface area (Å²) in [6.45, 7) is 0.618. The maximum atomic E-state index is 9.71. The van der Waals surface area contributed by atoms with Gasteiger partial charge in [0.25, 0.3) is 0 Å². The summed E-state index contributed by atoms with van der Waals surface area (Å²) >= 11 is 1.66. The molecule has 1 aromatic heterocycles. The number of rotatable bonds is 8. The summed E-state index contributed by atoms with van der Waals surface area (Å²) in [5.74, 6) is 12.2. The van der Waals surface area contributed by atoms with E-state index in [9.17, 15) is 5.11 Å². The van der Waals surface area contributed by atoms with Gasteiger partial charge in [-0.05, 0) is 47.6 Å². The molecule has 1 saturated heterocycles. The van der Waals surface area contributed by atoms with E-state index in [1.165, 1.54) is 0 Å². The Bertz CT molecular complexity index is 1450. The molecule has 1 fully saturated rings. The van der Waals surface area contributed by atoms with Crippen LogP contribution < -0.4 is 10.6 Å². The van der Waals surface area contributed by atoms with Crippen LogP contribution in [-0.2, 0) is 13.2 Å². The number of aliphatic hydroxyl groups excluding tert-OH is 1. The fourth-order valence-electron chi connectivity index (χ4n) is 4.33. The number of para-hydroxylation sites is 1. The normalized spacial score (nSPS) is 16.9. The van der Waals surface area contributed by atoms with Crippen molar-refractivity contribution in [3.63, 3.8) is 0 Å². The van der Waals surface area contributed by atoms with Crippen molar-refractivity contribution in [2.45, 2.75) is 35.4 Å². The Morgan fingerprint density at radius 1 is 0.914 bits per heavy atom. The van der Waals surface area contributed by atoms with E-state index in [1.54, 1.807) is 11.8 Å². The summed E-state index contributed by atoms with van der Waals surface area (Å²) in [6.07, 6.45) is 1.07. The molecule has 5 nitrogen and oxygen atoms in total. The fraction of sp³-hybridized carbons (Fsp3) is 0.214. The summed E-state index contributed by atoms with van der Waals surface area (Å²) < 4.78 is 0. The fourth-order valence-corrected chi connectivity index (χ4v) is 7.45. The molecule has 1 unspecified atom stereocenters. The van der Waals surface area contributed by atoms with Crippen molar-refractivity contribution in [1.29, 1.82) is 0 Å². The van der Waals surface area contributed by atoms with Gasteiger partial charge in [0.1, 0.15) is 5.82 Å². The van der Waals surface area contributed by atoms with E-state index in [4.69, 9.17) is 9.97 Å². The van der Waals surface area contributed by atoms with Gasteiger partial charge in [-0.2, -0.15) is 4.98 Å². The molecular formula is C28H30N4OS2. The zero-order valence-corrected chi connectivity index (χ0v) is 21.2. The lowest BCUT2D eigenvalue weighted by atomic mass is 10.2. The summed E-state index contributed by atoms with van der Waals surface area (Å²) in [5, 5.41) is 17.8. The molecule has 5 rings (SSSR count). The van der Waals surface area contributed by atoms with E-state index in [-0.39, 0.29) is 6.61 Å². The summed E-state index contributed by atoms with van der Waals surface area (Å²) in [7, 11) is -1.00. The SMILES string of the molecule is C=S1(=C)CCC(Nc2nc(NCc3ccccc3Sc3ccccc3CO)nc3ccccc23)C1. The first-order valence-corrected chi connectivity index (χ1v) is 14.8. The molecule has 3 N–H and O–H groups in total. The maximum absolute atomic E-state index is 9.71. The highest BCUT2D eigenvalue weighted by Gasteiger charge is 2.21. The van der Waals surface area contributed by atoms with Crippen LogP contribution in [0.3, 0.4) is 0 Å². The molecule has 1 aliphatic heterocycles. The first kappa shape index (κ1) is 23.7. The lowest BCUT2D eigenvalue weighted by molar-refractivity contribution is 0.279. The van der Waals surface area contributed by atoms with Crippen LogP contribution in [0.4, 0.5) is 11.8 Å². The molecule has 0 radical (unpaired) electrons. The Labute approximate surface area is 211 Å². The first-order chi connectivity index (χ1) is 17.0. The third-order valence-corrected chi connectivity index (χ3v) is 9.62. The second kappa shape index (κ2) is 10.3. The number of hydrogen-bond acceptors (Lipinski definition) is 6. The Kier molecular flexibility index (Phi) is 7.00. The Balaban J connectivity index is 1.38. The molecule has 3 aromatic carbocycles. The monoisotopic (exact) mass is 502 g/mol. The Morgan fingerprint density at radius 3 is 2.34 bits per heavy atom. The van der Waals surface area contributed by atoms with Crippen LogP contribution >= 0.6 is 21.0 Å². The summed E-state index contributed by atoms with van der Waals surface area (Å²) in [6, 6.07) is 24.7. The number of aliphatic hydroxyl groups is 1.